The van der Waals surface area contributed by atoms with Crippen LogP contribution >= 0.6 is 0 Å². The lowest BCUT2D eigenvalue weighted by atomic mass is 9.99. The molecule has 1 saturated heterocycles. The molecule has 1 aromatic carbocycles. The second-order valence-electron chi connectivity index (χ2n) is 8.37. The summed E-state index contributed by atoms with van der Waals surface area (Å²) in [5.74, 6) is 1.56. The molecule has 0 bridgehead atoms. The van der Waals surface area contributed by atoms with Crippen molar-refractivity contribution in [3.63, 3.8) is 0 Å². The van der Waals surface area contributed by atoms with Crippen molar-refractivity contribution in [2.45, 2.75) is 64.3 Å². The van der Waals surface area contributed by atoms with Crippen LogP contribution in [0.25, 0.3) is 17.3 Å². The van der Waals surface area contributed by atoms with E-state index >= 15 is 0 Å². The lowest BCUT2D eigenvalue weighted by Crippen LogP contribution is -2.43. The number of amides is 1. The molecule has 1 aliphatic heterocycles. The highest BCUT2D eigenvalue weighted by Crippen LogP contribution is 2.42. The highest BCUT2D eigenvalue weighted by atomic mass is 16.4. The van der Waals surface area contributed by atoms with Crippen molar-refractivity contribution in [2.24, 2.45) is 0 Å². The normalized spacial score (nSPS) is 19.3. The maximum atomic E-state index is 13.3. The summed E-state index contributed by atoms with van der Waals surface area (Å²) in [6.45, 7) is 4.78. The topological polar surface area (TPSA) is 77.1 Å². The zero-order chi connectivity index (χ0) is 20.7. The van der Waals surface area contributed by atoms with Crippen LogP contribution in [0.4, 0.5) is 0 Å². The minimum Gasteiger partial charge on any atom is -0.420 e. The average Bonchev–Trinajstić information content (AvgIpc) is 3.38. The lowest BCUT2D eigenvalue weighted by molar-refractivity contribution is 0.0608. The second-order valence-corrected chi connectivity index (χ2v) is 8.37. The SMILES string of the molecule is CC[C@H]1CCCCN1C(=O)c1cccc(-n2nc(-c3nnc(C)o3)cc2C2CC2)c1. The van der Waals surface area contributed by atoms with E-state index in [1.54, 1.807) is 6.92 Å². The Morgan fingerprint density at radius 3 is 2.77 bits per heavy atom. The summed E-state index contributed by atoms with van der Waals surface area (Å²) in [7, 11) is 0. The van der Waals surface area contributed by atoms with E-state index in [0.717, 1.165) is 55.6 Å². The Balaban J connectivity index is 1.49. The molecule has 30 heavy (non-hydrogen) atoms. The quantitative estimate of drug-likeness (QED) is 0.624. The van der Waals surface area contributed by atoms with Crippen LogP contribution in [0.1, 0.15) is 73.3 Å². The maximum absolute atomic E-state index is 13.3. The van der Waals surface area contributed by atoms with E-state index in [9.17, 15) is 4.79 Å². The van der Waals surface area contributed by atoms with Gasteiger partial charge >= 0.3 is 0 Å². The second kappa shape index (κ2) is 7.70. The smallest absolute Gasteiger partial charge is 0.268 e. The van der Waals surface area contributed by atoms with E-state index in [-0.39, 0.29) is 5.91 Å². The average molecular weight is 406 g/mol. The van der Waals surface area contributed by atoms with Gasteiger partial charge in [0.1, 0.15) is 5.69 Å². The van der Waals surface area contributed by atoms with Crippen LogP contribution in [0.15, 0.2) is 34.7 Å². The van der Waals surface area contributed by atoms with Crippen LogP contribution in [-0.2, 0) is 0 Å². The van der Waals surface area contributed by atoms with Gasteiger partial charge in [0.05, 0.1) is 5.69 Å². The molecule has 0 radical (unpaired) electrons. The standard InChI is InChI=1S/C23H27N5O2/c1-3-18-8-4-5-12-27(18)23(29)17-7-6-9-19(13-17)28-21(16-10-11-16)14-20(26-28)22-25-24-15(2)30-22/h6-7,9,13-14,16,18H,3-5,8,10-12H2,1-2H3/t18-/m0/s1. The van der Waals surface area contributed by atoms with E-state index < -0.39 is 0 Å². The molecule has 1 atom stereocenters. The van der Waals surface area contributed by atoms with Crippen LogP contribution in [0.2, 0.25) is 0 Å². The Hall–Kier alpha value is -2.96. The summed E-state index contributed by atoms with van der Waals surface area (Å²) in [6.07, 6.45) is 6.69. The van der Waals surface area contributed by atoms with Gasteiger partial charge in [-0.05, 0) is 62.8 Å². The first-order valence-electron chi connectivity index (χ1n) is 11.0. The number of nitrogens with zero attached hydrogens (tertiary/aromatic N) is 5. The largest absolute Gasteiger partial charge is 0.420 e. The van der Waals surface area contributed by atoms with Gasteiger partial charge in [0.2, 0.25) is 5.89 Å². The van der Waals surface area contributed by atoms with Crippen molar-refractivity contribution < 1.29 is 9.21 Å². The molecule has 7 nitrogen and oxygen atoms in total. The molecule has 1 aliphatic carbocycles. The number of likely N-dealkylation sites (tertiary alicyclic amines) is 1. The van der Waals surface area contributed by atoms with Gasteiger partial charge in [-0.1, -0.05) is 13.0 Å². The van der Waals surface area contributed by atoms with Crippen LogP contribution in [-0.4, -0.2) is 43.4 Å². The summed E-state index contributed by atoms with van der Waals surface area (Å²) < 4.78 is 7.52. The molecule has 3 heterocycles. The van der Waals surface area contributed by atoms with Gasteiger partial charge in [0.25, 0.3) is 11.8 Å². The van der Waals surface area contributed by atoms with E-state index in [2.05, 4.69) is 22.0 Å². The molecule has 2 aromatic heterocycles. The Morgan fingerprint density at radius 1 is 1.17 bits per heavy atom. The highest BCUT2D eigenvalue weighted by molar-refractivity contribution is 5.95. The van der Waals surface area contributed by atoms with Gasteiger partial charge in [0.15, 0.2) is 0 Å². The Labute approximate surface area is 176 Å². The Kier molecular flexibility index (Phi) is 4.89. The number of hydrogen-bond acceptors (Lipinski definition) is 5. The van der Waals surface area contributed by atoms with E-state index in [0.29, 0.717) is 29.4 Å². The van der Waals surface area contributed by atoms with E-state index in [1.165, 1.54) is 6.42 Å². The molecule has 0 unspecified atom stereocenters. The molecule has 3 aromatic rings. The third kappa shape index (κ3) is 3.53. The summed E-state index contributed by atoms with van der Waals surface area (Å²) in [5, 5.41) is 12.8. The summed E-state index contributed by atoms with van der Waals surface area (Å²) in [6, 6.07) is 10.2. The van der Waals surface area contributed by atoms with Crippen LogP contribution < -0.4 is 0 Å². The summed E-state index contributed by atoms with van der Waals surface area (Å²) in [4.78, 5) is 15.3. The minimum atomic E-state index is 0.122. The fourth-order valence-corrected chi connectivity index (χ4v) is 4.41. The molecule has 2 fully saturated rings. The molecule has 1 saturated carbocycles. The number of carbonyl (C=O) groups excluding carboxylic acids is 1. The molecular weight excluding hydrogens is 378 g/mol. The number of rotatable bonds is 5. The van der Waals surface area contributed by atoms with Crippen molar-refractivity contribution >= 4 is 5.91 Å². The third-order valence-electron chi connectivity index (χ3n) is 6.17. The van der Waals surface area contributed by atoms with Gasteiger partial charge in [-0.3, -0.25) is 4.79 Å². The molecule has 2 aliphatic rings. The van der Waals surface area contributed by atoms with Crippen molar-refractivity contribution in [1.82, 2.24) is 24.9 Å². The first-order chi connectivity index (χ1) is 14.6. The number of hydrogen-bond donors (Lipinski definition) is 0. The predicted molar refractivity (Wildman–Crippen MR) is 113 cm³/mol. The third-order valence-corrected chi connectivity index (χ3v) is 6.17. The number of carbonyl (C=O) groups is 1. The van der Waals surface area contributed by atoms with Crippen LogP contribution in [0, 0.1) is 6.92 Å². The lowest BCUT2D eigenvalue weighted by Gasteiger charge is -2.35. The van der Waals surface area contributed by atoms with Gasteiger partial charge in [-0.2, -0.15) is 5.10 Å². The Bertz CT molecular complexity index is 1070. The monoisotopic (exact) mass is 405 g/mol. The van der Waals surface area contributed by atoms with Gasteiger partial charge < -0.3 is 9.32 Å². The Morgan fingerprint density at radius 2 is 2.03 bits per heavy atom. The van der Waals surface area contributed by atoms with Gasteiger partial charge in [-0.15, -0.1) is 10.2 Å². The molecule has 0 spiro atoms. The van der Waals surface area contributed by atoms with Gasteiger partial charge in [-0.25, -0.2) is 4.68 Å². The van der Waals surface area contributed by atoms with Crippen LogP contribution in [0.3, 0.4) is 0 Å². The number of aryl methyl sites for hydroxylation is 1. The minimum absolute atomic E-state index is 0.122. The van der Waals surface area contributed by atoms with Crippen molar-refractivity contribution in [3.8, 4) is 17.3 Å². The number of benzene rings is 1. The number of piperidine rings is 1. The molecule has 156 valence electrons. The fourth-order valence-electron chi connectivity index (χ4n) is 4.41. The molecule has 1 amide bonds. The van der Waals surface area contributed by atoms with Crippen molar-refractivity contribution in [3.05, 3.63) is 47.5 Å². The van der Waals surface area contributed by atoms with Gasteiger partial charge in [0, 0.05) is 36.7 Å². The predicted octanol–water partition coefficient (Wildman–Crippen LogP) is 4.51. The summed E-state index contributed by atoms with van der Waals surface area (Å²) in [5.41, 5.74) is 3.43. The molecule has 0 N–H and O–H groups in total. The number of aromatic nitrogens is 4. The first-order valence-corrected chi connectivity index (χ1v) is 11.0. The van der Waals surface area contributed by atoms with E-state index in [1.807, 2.05) is 35.0 Å². The maximum Gasteiger partial charge on any atom is 0.268 e. The molecular formula is C23H27N5O2. The summed E-state index contributed by atoms with van der Waals surface area (Å²) >= 11 is 0. The zero-order valence-corrected chi connectivity index (χ0v) is 17.5. The molecule has 7 heteroatoms. The van der Waals surface area contributed by atoms with Crippen LogP contribution in [0.5, 0.6) is 0 Å². The highest BCUT2D eigenvalue weighted by Gasteiger charge is 2.30. The molecule has 5 rings (SSSR count). The first kappa shape index (κ1) is 19.0. The van der Waals surface area contributed by atoms with Crippen molar-refractivity contribution in [1.29, 1.82) is 0 Å². The van der Waals surface area contributed by atoms with E-state index in [4.69, 9.17) is 9.52 Å². The zero-order valence-electron chi connectivity index (χ0n) is 17.5. The van der Waals surface area contributed by atoms with Crippen molar-refractivity contribution in [2.75, 3.05) is 6.54 Å². The fraction of sp³-hybridized carbons (Fsp3) is 0.478.